The van der Waals surface area contributed by atoms with E-state index >= 15 is 0 Å². The van der Waals surface area contributed by atoms with Crippen LogP contribution in [0.1, 0.15) is 76.2 Å². The molecule has 0 unspecified atom stereocenters. The molecule has 0 heterocycles. The quantitative estimate of drug-likeness (QED) is 0.211. The average Bonchev–Trinajstić information content (AvgIpc) is 2.59. The van der Waals surface area contributed by atoms with Crippen LogP contribution in [0.25, 0.3) is 0 Å². The van der Waals surface area contributed by atoms with Gasteiger partial charge in [-0.3, -0.25) is 0 Å². The molecule has 1 aromatic carbocycles. The Morgan fingerprint density at radius 2 is 1.64 bits per heavy atom. The minimum Gasteiger partial charge on any atom is -0.494 e. The maximum absolute atomic E-state index is 5.88. The summed E-state index contributed by atoms with van der Waals surface area (Å²) in [4.78, 5) is 0. The largest absolute Gasteiger partial charge is 0.494 e. The summed E-state index contributed by atoms with van der Waals surface area (Å²) >= 11 is 17.6. The van der Waals surface area contributed by atoms with Crippen LogP contribution in [0.4, 0.5) is 0 Å². The van der Waals surface area contributed by atoms with Crippen LogP contribution in [0.15, 0.2) is 24.3 Å². The van der Waals surface area contributed by atoms with E-state index in [1.54, 1.807) is 0 Å². The molecule has 0 radical (unpaired) electrons. The van der Waals surface area contributed by atoms with Crippen molar-refractivity contribution in [3.63, 3.8) is 0 Å². The van der Waals surface area contributed by atoms with Gasteiger partial charge in [0.25, 0.3) is 0 Å². The Kier molecular flexibility index (Phi) is 9.47. The molecule has 1 aromatic rings. The third-order valence-corrected chi connectivity index (χ3v) is 7.89. The van der Waals surface area contributed by atoms with Gasteiger partial charge in [-0.25, -0.2) is 0 Å². The van der Waals surface area contributed by atoms with E-state index in [1.165, 1.54) is 44.1 Å². The highest BCUT2D eigenvalue weighted by molar-refractivity contribution is 7.64. The number of hydrogen-bond donors (Lipinski definition) is 0. The molecule has 5 heteroatoms. The summed E-state index contributed by atoms with van der Waals surface area (Å²) in [6.45, 7) is 3.04. The fourth-order valence-electron chi connectivity index (χ4n) is 3.82. The van der Waals surface area contributed by atoms with E-state index in [-0.39, 0.29) is 0 Å². The van der Waals surface area contributed by atoms with Gasteiger partial charge in [-0.05, 0) is 67.7 Å². The monoisotopic (exact) mass is 420 g/mol. The van der Waals surface area contributed by atoms with Crippen LogP contribution < -0.4 is 4.74 Å². The summed E-state index contributed by atoms with van der Waals surface area (Å²) < 4.78 is 5.84. The lowest BCUT2D eigenvalue weighted by Crippen LogP contribution is -2.13. The van der Waals surface area contributed by atoms with Crippen LogP contribution >= 0.6 is 33.2 Å². The maximum Gasteiger partial charge on any atom is 0.341 e. The molecular formula is C20H31Cl3OSi. The van der Waals surface area contributed by atoms with Crippen molar-refractivity contribution in [3.8, 4) is 5.75 Å². The highest BCUT2D eigenvalue weighted by Crippen LogP contribution is 2.37. The van der Waals surface area contributed by atoms with Gasteiger partial charge in [0.2, 0.25) is 0 Å². The molecular weight excluding hydrogens is 391 g/mol. The lowest BCUT2D eigenvalue weighted by Gasteiger charge is -2.28. The first-order valence-electron chi connectivity index (χ1n) is 9.77. The normalized spacial score (nSPS) is 21.3. The Morgan fingerprint density at radius 1 is 0.960 bits per heavy atom. The molecule has 1 fully saturated rings. The molecule has 142 valence electrons. The van der Waals surface area contributed by atoms with E-state index in [4.69, 9.17) is 38.0 Å². The van der Waals surface area contributed by atoms with Crippen LogP contribution in [0, 0.1) is 5.92 Å². The van der Waals surface area contributed by atoms with E-state index in [9.17, 15) is 0 Å². The van der Waals surface area contributed by atoms with Crippen molar-refractivity contribution in [1.82, 2.24) is 0 Å². The number of benzene rings is 1. The minimum atomic E-state index is -2.44. The molecule has 0 aliphatic heterocycles. The molecule has 1 nitrogen and oxygen atoms in total. The Labute approximate surface area is 168 Å². The van der Waals surface area contributed by atoms with Gasteiger partial charge < -0.3 is 4.74 Å². The van der Waals surface area contributed by atoms with Gasteiger partial charge in [0.15, 0.2) is 0 Å². The minimum absolute atomic E-state index is 0.739. The second-order valence-corrected chi connectivity index (χ2v) is 16.6. The molecule has 0 spiro atoms. The van der Waals surface area contributed by atoms with Crippen molar-refractivity contribution in [3.05, 3.63) is 29.8 Å². The molecule has 2 rings (SSSR count). The third kappa shape index (κ3) is 8.56. The molecule has 1 saturated carbocycles. The topological polar surface area (TPSA) is 9.23 Å². The summed E-state index contributed by atoms with van der Waals surface area (Å²) in [6.07, 6.45) is 11.3. The van der Waals surface area contributed by atoms with Crippen molar-refractivity contribution in [1.29, 1.82) is 0 Å². The molecule has 0 N–H and O–H groups in total. The van der Waals surface area contributed by atoms with Crippen molar-refractivity contribution < 1.29 is 4.74 Å². The summed E-state index contributed by atoms with van der Waals surface area (Å²) in [7, 11) is 0. The van der Waals surface area contributed by atoms with Gasteiger partial charge in [0, 0.05) is 0 Å². The van der Waals surface area contributed by atoms with E-state index in [0.29, 0.717) is 0 Å². The Balaban J connectivity index is 1.65. The fraction of sp³-hybridized carbons (Fsp3) is 0.700. The second kappa shape index (κ2) is 11.1. The smallest absolute Gasteiger partial charge is 0.341 e. The van der Waals surface area contributed by atoms with Gasteiger partial charge in [0.05, 0.1) is 6.61 Å². The SMILES string of the molecule is CCCC1CCC(c2ccc(OCCCCC[Si](Cl)(Cl)Cl)cc2)CC1. The summed E-state index contributed by atoms with van der Waals surface area (Å²) in [6, 6.07) is 7.08. The first kappa shape index (κ1) is 21.4. The fourth-order valence-corrected chi connectivity index (χ4v) is 5.68. The van der Waals surface area contributed by atoms with Gasteiger partial charge in [-0.1, -0.05) is 44.7 Å². The van der Waals surface area contributed by atoms with Gasteiger partial charge in [0.1, 0.15) is 5.75 Å². The molecule has 1 aliphatic carbocycles. The van der Waals surface area contributed by atoms with E-state index < -0.39 is 6.00 Å². The molecule has 0 aromatic heterocycles. The number of hydrogen-bond acceptors (Lipinski definition) is 1. The van der Waals surface area contributed by atoms with Crippen LogP contribution in [0.3, 0.4) is 0 Å². The van der Waals surface area contributed by atoms with Crippen molar-refractivity contribution in [2.45, 2.75) is 76.7 Å². The summed E-state index contributed by atoms with van der Waals surface area (Å²) in [5.74, 6) is 2.68. The summed E-state index contributed by atoms with van der Waals surface area (Å²) in [5.41, 5.74) is 1.48. The second-order valence-electron chi connectivity index (χ2n) is 7.35. The third-order valence-electron chi connectivity index (χ3n) is 5.27. The molecule has 0 atom stereocenters. The first-order chi connectivity index (χ1) is 12.0. The van der Waals surface area contributed by atoms with Gasteiger partial charge in [-0.2, -0.15) is 0 Å². The van der Waals surface area contributed by atoms with Crippen molar-refractivity contribution >= 4 is 39.2 Å². The van der Waals surface area contributed by atoms with E-state index in [2.05, 4.69) is 31.2 Å². The number of rotatable bonds is 10. The number of halogens is 3. The Hall–Kier alpha value is 0.107. The van der Waals surface area contributed by atoms with E-state index in [1.807, 2.05) is 0 Å². The van der Waals surface area contributed by atoms with Crippen molar-refractivity contribution in [2.75, 3.05) is 6.61 Å². The zero-order valence-electron chi connectivity index (χ0n) is 15.3. The highest BCUT2D eigenvalue weighted by atomic mass is 35.8. The van der Waals surface area contributed by atoms with Crippen LogP contribution in [-0.2, 0) is 0 Å². The van der Waals surface area contributed by atoms with Gasteiger partial charge in [-0.15, -0.1) is 33.2 Å². The Bertz CT molecular complexity index is 479. The molecule has 0 bridgehead atoms. The molecule has 0 saturated heterocycles. The predicted molar refractivity (Wildman–Crippen MR) is 114 cm³/mol. The van der Waals surface area contributed by atoms with Crippen LogP contribution in [-0.4, -0.2) is 12.6 Å². The molecule has 1 aliphatic rings. The van der Waals surface area contributed by atoms with Crippen LogP contribution in [0.2, 0.25) is 6.04 Å². The lowest BCUT2D eigenvalue weighted by atomic mass is 9.77. The maximum atomic E-state index is 5.88. The number of ether oxygens (including phenoxy) is 1. The average molecular weight is 422 g/mol. The Morgan fingerprint density at radius 3 is 2.24 bits per heavy atom. The first-order valence-corrected chi connectivity index (χ1v) is 15.0. The highest BCUT2D eigenvalue weighted by Gasteiger charge is 2.23. The van der Waals surface area contributed by atoms with Crippen molar-refractivity contribution in [2.24, 2.45) is 5.92 Å². The van der Waals surface area contributed by atoms with Gasteiger partial charge >= 0.3 is 6.00 Å². The molecule has 0 amide bonds. The number of unbranched alkanes of at least 4 members (excludes halogenated alkanes) is 2. The molecule has 25 heavy (non-hydrogen) atoms. The standard InChI is InChI=1S/C20H31Cl3OSi/c1-2-6-17-7-9-18(10-8-17)19-11-13-20(14-12-19)24-15-4-3-5-16-25(21,22)23/h11-14,17-18H,2-10,15-16H2,1H3. The van der Waals surface area contributed by atoms with E-state index in [0.717, 1.165) is 49.5 Å². The predicted octanol–water partition coefficient (Wildman–Crippen LogP) is 7.96. The lowest BCUT2D eigenvalue weighted by molar-refractivity contribution is 0.303. The van der Waals surface area contributed by atoms with Crippen LogP contribution in [0.5, 0.6) is 5.75 Å². The zero-order valence-corrected chi connectivity index (χ0v) is 18.6. The zero-order chi connectivity index (χ0) is 18.1. The summed E-state index contributed by atoms with van der Waals surface area (Å²) in [5, 5.41) is 0.